The van der Waals surface area contributed by atoms with Crippen molar-refractivity contribution in [3.63, 3.8) is 0 Å². The van der Waals surface area contributed by atoms with E-state index < -0.39 is 29.3 Å². The number of piperidine rings is 1. The van der Waals surface area contributed by atoms with Crippen molar-refractivity contribution in [2.75, 3.05) is 30.3 Å². The minimum Gasteiger partial charge on any atom is -0.508 e. The minimum atomic E-state index is -4.52. The molecule has 1 aliphatic heterocycles. The molecule has 2 aromatic rings. The van der Waals surface area contributed by atoms with Gasteiger partial charge in [0.25, 0.3) is 10.9 Å². The number of aryl methyl sites for hydroxylation is 1. The van der Waals surface area contributed by atoms with E-state index in [9.17, 15) is 27.9 Å². The Labute approximate surface area is 284 Å². The van der Waals surface area contributed by atoms with Crippen LogP contribution in [0.15, 0.2) is 63.5 Å². The largest absolute Gasteiger partial charge is 0.508 e. The fraction of sp³-hybridized carbons (Fsp3) is 0.568. The van der Waals surface area contributed by atoms with Crippen LogP contribution in [0.5, 0.6) is 11.5 Å². The Hall–Kier alpha value is -3.73. The summed E-state index contributed by atoms with van der Waals surface area (Å²) in [5.41, 5.74) is -1.18. The second-order valence-corrected chi connectivity index (χ2v) is 11.7. The van der Waals surface area contributed by atoms with Crippen LogP contribution in [0, 0.1) is 5.92 Å². The third kappa shape index (κ3) is 15.9. The lowest BCUT2D eigenvalue weighted by Crippen LogP contribution is -2.42. The number of phenols is 2. The van der Waals surface area contributed by atoms with Crippen LogP contribution in [0.3, 0.4) is 0 Å². The SMILES string of the molecule is C=C(C)/C(O)=C\C(=C/C)Nc1c(NCC(F)(F)F)c(=O)c1=O.CC.CCCC(CCC)N1CCCC(C)C1.CCc1ccc(O)cc1O. The van der Waals surface area contributed by atoms with Gasteiger partial charge in [-0.25, -0.2) is 0 Å². The van der Waals surface area contributed by atoms with Gasteiger partial charge in [0.1, 0.15) is 35.2 Å². The van der Waals surface area contributed by atoms with Crippen LogP contribution < -0.4 is 21.5 Å². The number of aliphatic hydroxyl groups excluding tert-OH is 1. The van der Waals surface area contributed by atoms with Crippen LogP contribution >= 0.6 is 0 Å². The zero-order valence-corrected chi connectivity index (χ0v) is 30.1. The molecular weight excluding hydrogens is 623 g/mol. The number of hydrogen-bond acceptors (Lipinski definition) is 8. The molecule has 48 heavy (non-hydrogen) atoms. The first-order chi connectivity index (χ1) is 22.6. The summed E-state index contributed by atoms with van der Waals surface area (Å²) in [5.74, 6) is 1.04. The monoisotopic (exact) mass is 681 g/mol. The molecule has 0 aromatic heterocycles. The quantitative estimate of drug-likeness (QED) is 0.0855. The van der Waals surface area contributed by atoms with Crippen LogP contribution in [-0.2, 0) is 6.42 Å². The molecule has 8 nitrogen and oxygen atoms in total. The molecule has 2 aromatic carbocycles. The Morgan fingerprint density at radius 2 is 1.67 bits per heavy atom. The number of allylic oxidation sites excluding steroid dienone is 3. The number of rotatable bonds is 12. The van der Waals surface area contributed by atoms with Gasteiger partial charge in [-0.3, -0.25) is 9.59 Å². The van der Waals surface area contributed by atoms with E-state index in [2.05, 4.69) is 37.6 Å². The summed E-state index contributed by atoms with van der Waals surface area (Å²) in [6.45, 7) is 20.9. The predicted molar refractivity (Wildman–Crippen MR) is 193 cm³/mol. The van der Waals surface area contributed by atoms with Gasteiger partial charge in [0, 0.05) is 30.4 Å². The maximum Gasteiger partial charge on any atom is 0.405 e. The summed E-state index contributed by atoms with van der Waals surface area (Å²) in [4.78, 5) is 25.5. The Balaban J connectivity index is 0.000000725. The summed E-state index contributed by atoms with van der Waals surface area (Å²) in [6, 6.07) is 5.51. The molecule has 1 unspecified atom stereocenters. The van der Waals surface area contributed by atoms with E-state index in [1.165, 1.54) is 69.8 Å². The first-order valence-corrected chi connectivity index (χ1v) is 17.0. The normalized spacial score (nSPS) is 15.4. The number of nitrogens with one attached hydrogen (secondary N) is 2. The highest BCUT2D eigenvalue weighted by atomic mass is 19.4. The number of aromatic hydroxyl groups is 2. The summed E-state index contributed by atoms with van der Waals surface area (Å²) in [5, 5.41) is 32.0. The molecule has 272 valence electrons. The fourth-order valence-electron chi connectivity index (χ4n) is 5.06. The van der Waals surface area contributed by atoms with Gasteiger partial charge in [0.2, 0.25) is 0 Å². The highest BCUT2D eigenvalue weighted by molar-refractivity contribution is 5.76. The van der Waals surface area contributed by atoms with Crippen molar-refractivity contribution in [3.05, 3.63) is 80.0 Å². The molecule has 1 saturated heterocycles. The average molecular weight is 682 g/mol. The number of anilines is 2. The zero-order valence-electron chi connectivity index (χ0n) is 30.1. The van der Waals surface area contributed by atoms with Crippen LogP contribution in [-0.4, -0.2) is 52.1 Å². The molecule has 1 atom stereocenters. The standard InChI is InChI=1S/C14H15F3N2O3.C13H27N.C8H10O2.C2H6/c1-4-8(5-9(20)7(2)3)19-11-10(12(21)13(11)22)18-6-14(15,16)17;1-4-7-13(8-5-2)14-10-6-9-12(3)11-14;1-2-6-3-4-7(9)5-8(6)10;1-2/h4-5,18-20H,2,6H2,1,3H3;12-13H,4-11H2,1-3H3;3-5,9-10H,2H2,1H3;1-2H3/b8-4+,9-5+;;;. The summed E-state index contributed by atoms with van der Waals surface area (Å²) >= 11 is 0. The fourth-order valence-corrected chi connectivity index (χ4v) is 5.06. The van der Waals surface area contributed by atoms with Gasteiger partial charge in [-0.1, -0.05) is 73.1 Å². The smallest absolute Gasteiger partial charge is 0.405 e. The maximum absolute atomic E-state index is 12.2. The number of aliphatic hydroxyl groups is 1. The highest BCUT2D eigenvalue weighted by Gasteiger charge is 2.30. The van der Waals surface area contributed by atoms with Crippen molar-refractivity contribution in [2.24, 2.45) is 5.92 Å². The molecular formula is C37H58F3N3O5. The van der Waals surface area contributed by atoms with Crippen LogP contribution in [0.25, 0.3) is 0 Å². The topological polar surface area (TPSA) is 122 Å². The molecule has 11 heteroatoms. The number of alkyl halides is 3. The van der Waals surface area contributed by atoms with Crippen LogP contribution in [0.1, 0.15) is 99.5 Å². The maximum atomic E-state index is 12.2. The minimum absolute atomic E-state index is 0.106. The van der Waals surface area contributed by atoms with Gasteiger partial charge in [-0.05, 0) is 75.6 Å². The van der Waals surface area contributed by atoms with Gasteiger partial charge in [-0.2, -0.15) is 13.2 Å². The first-order valence-electron chi connectivity index (χ1n) is 17.0. The highest BCUT2D eigenvalue weighted by Crippen LogP contribution is 2.24. The molecule has 0 amide bonds. The van der Waals surface area contributed by atoms with Crippen molar-refractivity contribution in [2.45, 2.75) is 113 Å². The van der Waals surface area contributed by atoms with Gasteiger partial charge < -0.3 is 30.9 Å². The third-order valence-electron chi connectivity index (χ3n) is 7.58. The van der Waals surface area contributed by atoms with Crippen LogP contribution in [0.2, 0.25) is 0 Å². The molecule has 5 N–H and O–H groups in total. The molecule has 0 saturated carbocycles. The van der Waals surface area contributed by atoms with E-state index in [0.717, 1.165) is 23.9 Å². The number of likely N-dealkylation sites (tertiary alicyclic amines) is 1. The molecule has 0 radical (unpaired) electrons. The van der Waals surface area contributed by atoms with E-state index >= 15 is 0 Å². The summed E-state index contributed by atoms with van der Waals surface area (Å²) in [7, 11) is 0. The number of nitrogens with zero attached hydrogens (tertiary/aromatic N) is 1. The Morgan fingerprint density at radius 1 is 1.08 bits per heavy atom. The number of benzene rings is 1. The van der Waals surface area contributed by atoms with Gasteiger partial charge >= 0.3 is 6.18 Å². The predicted octanol–water partition coefficient (Wildman–Crippen LogP) is 8.96. The summed E-state index contributed by atoms with van der Waals surface area (Å²) < 4.78 is 36.5. The molecule has 0 bridgehead atoms. The Kier molecular flexibility index (Phi) is 21.0. The molecule has 1 aliphatic rings. The Morgan fingerprint density at radius 3 is 2.12 bits per heavy atom. The number of hydrogen-bond donors (Lipinski definition) is 5. The first kappa shape index (κ1) is 44.3. The van der Waals surface area contributed by atoms with Gasteiger partial charge in [0.05, 0.1) is 0 Å². The second-order valence-electron chi connectivity index (χ2n) is 11.7. The number of halogens is 3. The van der Waals surface area contributed by atoms with E-state index in [1.54, 1.807) is 26.0 Å². The van der Waals surface area contributed by atoms with Gasteiger partial charge in [0.15, 0.2) is 0 Å². The zero-order chi connectivity index (χ0) is 37.0. The lowest BCUT2D eigenvalue weighted by Gasteiger charge is -2.37. The van der Waals surface area contributed by atoms with Crippen molar-refractivity contribution >= 4 is 11.4 Å². The number of phenolic OH excluding ortho intramolecular Hbond substituents is 2. The molecule has 0 aliphatic carbocycles. The van der Waals surface area contributed by atoms with E-state index in [4.69, 9.17) is 10.2 Å². The Bertz CT molecular complexity index is 1370. The molecule has 1 heterocycles. The molecule has 3 rings (SSSR count). The van der Waals surface area contributed by atoms with Crippen molar-refractivity contribution in [1.29, 1.82) is 0 Å². The lowest BCUT2D eigenvalue weighted by atomic mass is 9.96. The summed E-state index contributed by atoms with van der Waals surface area (Å²) in [6.07, 6.45) is 7.35. The van der Waals surface area contributed by atoms with Gasteiger partial charge in [-0.15, -0.1) is 0 Å². The average Bonchev–Trinajstić information content (AvgIpc) is 3.04. The van der Waals surface area contributed by atoms with E-state index in [0.29, 0.717) is 5.57 Å². The molecule has 0 spiro atoms. The van der Waals surface area contributed by atoms with Crippen molar-refractivity contribution < 1.29 is 28.5 Å². The van der Waals surface area contributed by atoms with Crippen molar-refractivity contribution in [1.82, 2.24) is 4.90 Å². The second kappa shape index (κ2) is 22.8. The molecule has 1 fully saturated rings. The lowest BCUT2D eigenvalue weighted by molar-refractivity contribution is -0.115. The van der Waals surface area contributed by atoms with E-state index in [1.807, 2.05) is 26.1 Å². The third-order valence-corrected chi connectivity index (χ3v) is 7.58. The van der Waals surface area contributed by atoms with Crippen LogP contribution in [0.4, 0.5) is 24.5 Å². The van der Waals surface area contributed by atoms with Crippen molar-refractivity contribution in [3.8, 4) is 11.5 Å². The van der Waals surface area contributed by atoms with E-state index in [-0.39, 0.29) is 28.6 Å².